The van der Waals surface area contributed by atoms with Crippen LogP contribution in [0.4, 0.5) is 0 Å². The standard InChI is InChI=1S/C45H70/c1-45(2)43-24-10-9-19-40(43)41-26-25-30(28-44(41)45)32-20-11-22-36-34(32)21-12-23-37(36)35-16-6-8-18-39(35)42-27-29-13-3-4-14-31(29)33-15-5-7-17-38(33)42/h9,15,19,29-32,34-44H,3-8,10-14,16-18,20-28H2,1-2H3. The van der Waals surface area contributed by atoms with E-state index in [-0.39, 0.29) is 0 Å². The molecule has 9 rings (SSSR count). The molecule has 15 unspecified atom stereocenters. The minimum atomic E-state index is 0.570. The molecule has 250 valence electrons. The molecule has 9 aliphatic carbocycles. The van der Waals surface area contributed by atoms with Gasteiger partial charge in [0.2, 0.25) is 0 Å². The molecule has 0 heteroatoms. The van der Waals surface area contributed by atoms with Crippen LogP contribution in [0.5, 0.6) is 0 Å². The Bertz CT molecular complexity index is 1110. The van der Waals surface area contributed by atoms with Gasteiger partial charge in [0.1, 0.15) is 0 Å². The van der Waals surface area contributed by atoms with Gasteiger partial charge in [-0.1, -0.05) is 76.2 Å². The first-order valence-corrected chi connectivity index (χ1v) is 21.5. The fourth-order valence-corrected chi connectivity index (χ4v) is 16.6. The van der Waals surface area contributed by atoms with Crippen molar-refractivity contribution in [3.63, 3.8) is 0 Å². The van der Waals surface area contributed by atoms with Crippen LogP contribution in [0.25, 0.3) is 0 Å². The number of hydrogen-bond acceptors (Lipinski definition) is 0. The molecular formula is C45H70. The average Bonchev–Trinajstić information content (AvgIpc) is 3.33. The zero-order chi connectivity index (χ0) is 30.1. The van der Waals surface area contributed by atoms with Crippen LogP contribution in [0.1, 0.15) is 162 Å². The van der Waals surface area contributed by atoms with Gasteiger partial charge in [-0.25, -0.2) is 0 Å². The lowest BCUT2D eigenvalue weighted by molar-refractivity contribution is -0.0534. The van der Waals surface area contributed by atoms with Gasteiger partial charge in [0.15, 0.2) is 0 Å². The highest BCUT2D eigenvalue weighted by Gasteiger charge is 2.57. The Morgan fingerprint density at radius 1 is 0.467 bits per heavy atom. The zero-order valence-electron chi connectivity index (χ0n) is 29.7. The van der Waals surface area contributed by atoms with Crippen molar-refractivity contribution in [2.24, 2.45) is 94.2 Å². The van der Waals surface area contributed by atoms with Crippen molar-refractivity contribution in [2.75, 3.05) is 0 Å². The summed E-state index contributed by atoms with van der Waals surface area (Å²) >= 11 is 0. The lowest BCUT2D eigenvalue weighted by Gasteiger charge is -2.56. The number of fused-ring (bicyclic) bond motifs is 7. The maximum atomic E-state index is 2.83. The van der Waals surface area contributed by atoms with E-state index in [2.05, 4.69) is 32.1 Å². The van der Waals surface area contributed by atoms with Gasteiger partial charge in [0.25, 0.3) is 0 Å². The predicted molar refractivity (Wildman–Crippen MR) is 190 cm³/mol. The number of hydrogen-bond donors (Lipinski definition) is 0. The zero-order valence-corrected chi connectivity index (χ0v) is 29.7. The molecule has 0 aromatic heterocycles. The van der Waals surface area contributed by atoms with E-state index in [4.69, 9.17) is 0 Å². The molecule has 0 aromatic rings. The second-order valence-corrected chi connectivity index (χ2v) is 19.8. The minimum Gasteiger partial charge on any atom is -0.0882 e. The summed E-state index contributed by atoms with van der Waals surface area (Å²) in [5, 5.41) is 0. The lowest BCUT2D eigenvalue weighted by atomic mass is 9.49. The maximum Gasteiger partial charge on any atom is -0.0169 e. The maximum absolute atomic E-state index is 2.83. The van der Waals surface area contributed by atoms with Gasteiger partial charge in [0, 0.05) is 0 Å². The molecule has 0 heterocycles. The summed E-state index contributed by atoms with van der Waals surface area (Å²) in [6, 6.07) is 0. The van der Waals surface area contributed by atoms with E-state index in [1.165, 1.54) is 38.5 Å². The summed E-state index contributed by atoms with van der Waals surface area (Å²) in [4.78, 5) is 0. The molecule has 7 saturated carbocycles. The van der Waals surface area contributed by atoms with Crippen molar-refractivity contribution in [2.45, 2.75) is 162 Å². The normalized spacial score (nSPS) is 52.4. The van der Waals surface area contributed by atoms with Gasteiger partial charge in [-0.15, -0.1) is 0 Å². The first-order valence-electron chi connectivity index (χ1n) is 21.5. The van der Waals surface area contributed by atoms with E-state index in [9.17, 15) is 0 Å². The van der Waals surface area contributed by atoms with E-state index >= 15 is 0 Å². The monoisotopic (exact) mass is 611 g/mol. The molecule has 45 heavy (non-hydrogen) atoms. The molecular weight excluding hydrogens is 540 g/mol. The average molecular weight is 611 g/mol. The van der Waals surface area contributed by atoms with Crippen LogP contribution in [-0.2, 0) is 0 Å². The van der Waals surface area contributed by atoms with Crippen molar-refractivity contribution in [1.82, 2.24) is 0 Å². The Hall–Kier alpha value is -0.520. The van der Waals surface area contributed by atoms with Crippen LogP contribution in [0.2, 0.25) is 0 Å². The van der Waals surface area contributed by atoms with Gasteiger partial charge < -0.3 is 0 Å². The summed E-state index contributed by atoms with van der Waals surface area (Å²) in [6.07, 6.45) is 43.8. The Balaban J connectivity index is 0.948. The molecule has 0 N–H and O–H groups in total. The van der Waals surface area contributed by atoms with Crippen LogP contribution in [0.3, 0.4) is 0 Å². The van der Waals surface area contributed by atoms with Crippen molar-refractivity contribution in [1.29, 1.82) is 0 Å². The molecule has 0 aromatic carbocycles. The highest BCUT2D eigenvalue weighted by atomic mass is 14.6. The van der Waals surface area contributed by atoms with Gasteiger partial charge in [-0.05, 0) is 203 Å². The molecule has 0 radical (unpaired) electrons. The van der Waals surface area contributed by atoms with E-state index in [0.717, 1.165) is 88.8 Å². The highest BCUT2D eigenvalue weighted by molar-refractivity contribution is 5.21. The summed E-state index contributed by atoms with van der Waals surface area (Å²) in [6.45, 7) is 5.43. The van der Waals surface area contributed by atoms with E-state index in [1.54, 1.807) is 109 Å². The van der Waals surface area contributed by atoms with Crippen LogP contribution < -0.4 is 0 Å². The Morgan fingerprint density at radius 2 is 1.11 bits per heavy atom. The summed E-state index contributed by atoms with van der Waals surface area (Å²) in [5.41, 5.74) is 2.60. The third kappa shape index (κ3) is 5.15. The van der Waals surface area contributed by atoms with Gasteiger partial charge >= 0.3 is 0 Å². The van der Waals surface area contributed by atoms with Crippen LogP contribution in [-0.4, -0.2) is 0 Å². The topological polar surface area (TPSA) is 0 Å². The molecule has 9 aliphatic rings. The Morgan fingerprint density at radius 3 is 1.91 bits per heavy atom. The minimum absolute atomic E-state index is 0.570. The van der Waals surface area contributed by atoms with Crippen LogP contribution in [0, 0.1) is 94.2 Å². The van der Waals surface area contributed by atoms with Crippen LogP contribution in [0.15, 0.2) is 23.8 Å². The molecule has 7 fully saturated rings. The summed E-state index contributed by atoms with van der Waals surface area (Å²) in [7, 11) is 0. The van der Waals surface area contributed by atoms with Gasteiger partial charge in [0.05, 0.1) is 0 Å². The Kier molecular flexibility index (Phi) is 8.43. The molecule has 15 atom stereocenters. The first-order chi connectivity index (χ1) is 22.1. The third-order valence-corrected chi connectivity index (χ3v) is 18.2. The molecule has 0 spiro atoms. The SMILES string of the molecule is CC1(C)C2CCC=CC2C2CCC(C3CCCC4C3CCCC4C3CCCCC3C3CC4CCCCC4C4=CCCCC43)CC21. The fraction of sp³-hybridized carbons (Fsp3) is 0.911. The molecule has 0 bridgehead atoms. The predicted octanol–water partition coefficient (Wildman–Crippen LogP) is 12.8. The largest absolute Gasteiger partial charge is 0.0882 e. The van der Waals surface area contributed by atoms with Crippen molar-refractivity contribution >= 4 is 0 Å². The van der Waals surface area contributed by atoms with E-state index < -0.39 is 0 Å². The summed E-state index contributed by atoms with van der Waals surface area (Å²) < 4.78 is 0. The smallest absolute Gasteiger partial charge is 0.0169 e. The number of rotatable bonds is 3. The first kappa shape index (κ1) is 30.5. The molecule has 0 aliphatic heterocycles. The van der Waals surface area contributed by atoms with Crippen molar-refractivity contribution in [3.05, 3.63) is 23.8 Å². The van der Waals surface area contributed by atoms with Crippen molar-refractivity contribution in [3.8, 4) is 0 Å². The fourth-order valence-electron chi connectivity index (χ4n) is 16.6. The Labute approximate surface area is 278 Å². The van der Waals surface area contributed by atoms with E-state index in [0.29, 0.717) is 5.41 Å². The number of allylic oxidation sites excluding steroid dienone is 4. The van der Waals surface area contributed by atoms with Gasteiger partial charge in [-0.2, -0.15) is 0 Å². The third-order valence-electron chi connectivity index (χ3n) is 18.2. The lowest BCUT2D eigenvalue weighted by Crippen LogP contribution is -2.48. The second kappa shape index (κ2) is 12.4. The van der Waals surface area contributed by atoms with Crippen LogP contribution >= 0.6 is 0 Å². The molecule has 0 nitrogen and oxygen atoms in total. The summed E-state index contributed by atoms with van der Waals surface area (Å²) in [5.74, 6) is 15.6. The van der Waals surface area contributed by atoms with Gasteiger partial charge in [-0.3, -0.25) is 0 Å². The molecule has 0 saturated heterocycles. The quantitative estimate of drug-likeness (QED) is 0.279. The van der Waals surface area contributed by atoms with Crippen molar-refractivity contribution < 1.29 is 0 Å². The molecule has 0 amide bonds. The van der Waals surface area contributed by atoms with E-state index in [1.807, 2.05) is 5.57 Å². The second-order valence-electron chi connectivity index (χ2n) is 19.8. The highest BCUT2D eigenvalue weighted by Crippen LogP contribution is 2.65.